The summed E-state index contributed by atoms with van der Waals surface area (Å²) >= 11 is 0. The molecule has 0 aliphatic carbocycles. The summed E-state index contributed by atoms with van der Waals surface area (Å²) in [7, 11) is -0.488. The van der Waals surface area contributed by atoms with Crippen LogP contribution in [-0.4, -0.2) is 64.3 Å². The van der Waals surface area contributed by atoms with Crippen molar-refractivity contribution in [3.05, 3.63) is 35.9 Å². The molecule has 3 N–H and O–H groups in total. The van der Waals surface area contributed by atoms with Crippen LogP contribution in [0.25, 0.3) is 0 Å². The van der Waals surface area contributed by atoms with Crippen molar-refractivity contribution in [3.8, 4) is 0 Å². The highest BCUT2D eigenvalue weighted by Crippen LogP contribution is 2.37. The van der Waals surface area contributed by atoms with E-state index in [1.54, 1.807) is 20.8 Å². The lowest BCUT2D eigenvalue weighted by Gasteiger charge is -2.46. The molecule has 0 bridgehead atoms. The maximum absolute atomic E-state index is 12.6. The highest BCUT2D eigenvalue weighted by Gasteiger charge is 2.48. The number of hydrogen-bond donors (Lipinski definition) is 2. The Balaban J connectivity index is 2.23. The highest BCUT2D eigenvalue weighted by atomic mass is 28.4. The van der Waals surface area contributed by atoms with Crippen LogP contribution in [0.3, 0.4) is 0 Å². The van der Waals surface area contributed by atoms with Crippen molar-refractivity contribution in [1.82, 2.24) is 5.32 Å². The van der Waals surface area contributed by atoms with Crippen LogP contribution in [-0.2, 0) is 30.0 Å². The van der Waals surface area contributed by atoms with Gasteiger partial charge in [0.2, 0.25) is 0 Å². The van der Waals surface area contributed by atoms with Gasteiger partial charge in [-0.1, -0.05) is 51.1 Å². The zero-order valence-corrected chi connectivity index (χ0v) is 23.2. The Hall–Kier alpha value is -1.49. The fourth-order valence-electron chi connectivity index (χ4n) is 3.39. The molecule has 9 heteroatoms. The molecule has 8 nitrogen and oxygen atoms in total. The van der Waals surface area contributed by atoms with Gasteiger partial charge in [-0.05, 0) is 44.5 Å². The van der Waals surface area contributed by atoms with E-state index in [1.165, 1.54) is 7.11 Å². The summed E-state index contributed by atoms with van der Waals surface area (Å²) in [5.74, 6) is 0. The van der Waals surface area contributed by atoms with E-state index in [0.29, 0.717) is 13.2 Å². The quantitative estimate of drug-likeness (QED) is 0.521. The molecule has 0 unspecified atom stereocenters. The first-order chi connectivity index (χ1) is 15.6. The second-order valence-corrected chi connectivity index (χ2v) is 16.2. The van der Waals surface area contributed by atoms with Gasteiger partial charge in [-0.2, -0.15) is 0 Å². The van der Waals surface area contributed by atoms with E-state index in [0.717, 1.165) is 5.56 Å². The summed E-state index contributed by atoms with van der Waals surface area (Å²) in [6, 6.07) is 8.59. The zero-order chi connectivity index (χ0) is 25.7. The Bertz CT molecular complexity index is 778. The van der Waals surface area contributed by atoms with Crippen LogP contribution in [0.5, 0.6) is 0 Å². The summed E-state index contributed by atoms with van der Waals surface area (Å²) in [5.41, 5.74) is 7.03. The van der Waals surface area contributed by atoms with Gasteiger partial charge in [0.1, 0.15) is 23.9 Å². The number of alkyl carbamates (subject to hydrolysis) is 1. The third kappa shape index (κ3) is 8.03. The number of nitrogens with two attached hydrogens (primary N) is 1. The van der Waals surface area contributed by atoms with Gasteiger partial charge >= 0.3 is 6.09 Å². The van der Waals surface area contributed by atoms with Crippen molar-refractivity contribution in [3.63, 3.8) is 0 Å². The maximum atomic E-state index is 12.6. The van der Waals surface area contributed by atoms with Crippen molar-refractivity contribution >= 4 is 14.4 Å². The van der Waals surface area contributed by atoms with Crippen LogP contribution in [0.15, 0.2) is 30.3 Å². The minimum Gasteiger partial charge on any atom is -0.444 e. The van der Waals surface area contributed by atoms with Crippen LogP contribution in [0.4, 0.5) is 4.79 Å². The molecule has 1 saturated heterocycles. The van der Waals surface area contributed by atoms with E-state index >= 15 is 0 Å². The molecule has 0 spiro atoms. The Morgan fingerprint density at radius 2 is 1.74 bits per heavy atom. The molecule has 1 heterocycles. The first-order valence-corrected chi connectivity index (χ1v) is 14.8. The fourth-order valence-corrected chi connectivity index (χ4v) is 4.40. The molecule has 194 valence electrons. The third-order valence-corrected chi connectivity index (χ3v) is 10.9. The van der Waals surface area contributed by atoms with Crippen LogP contribution in [0.1, 0.15) is 47.1 Å². The molecule has 1 aliphatic rings. The van der Waals surface area contributed by atoms with E-state index in [1.807, 2.05) is 30.3 Å². The van der Waals surface area contributed by atoms with Gasteiger partial charge in [-0.25, -0.2) is 4.79 Å². The number of nitrogens with one attached hydrogen (secondary N) is 1. The fraction of sp³-hybridized carbons (Fsp3) is 0.720. The van der Waals surface area contributed by atoms with Gasteiger partial charge in [0.05, 0.1) is 19.3 Å². The number of rotatable bonds is 8. The first-order valence-electron chi connectivity index (χ1n) is 11.9. The summed E-state index contributed by atoms with van der Waals surface area (Å²) in [4.78, 5) is 12.6. The number of methoxy groups -OCH3 is 1. The SMILES string of the molecule is CO[C@H]1O[C@H](CO[Si](C)(C)C(C)(C)C)[C@@H](N)[C@@H](OCc2ccccc2)[C@@H]1NC(=O)OC(C)(C)C. The molecule has 0 radical (unpaired) electrons. The minimum atomic E-state index is -2.02. The van der Waals surface area contributed by atoms with E-state index < -0.39 is 50.6 Å². The maximum Gasteiger partial charge on any atom is 0.408 e. The largest absolute Gasteiger partial charge is 0.444 e. The standard InChI is InChI=1S/C25H44N2O6Si/c1-24(2,3)33-23(28)27-20-21(30-15-17-13-11-10-12-14-17)19(26)18(32-22(20)29-7)16-31-34(8,9)25(4,5)6/h10-14,18-22H,15-16,26H2,1-9H3,(H,27,28)/t18-,19-,20+,21-,22+/m1/s1. The Morgan fingerprint density at radius 3 is 2.26 bits per heavy atom. The Morgan fingerprint density at radius 1 is 1.12 bits per heavy atom. The second-order valence-electron chi connectivity index (χ2n) is 11.4. The summed E-state index contributed by atoms with van der Waals surface area (Å²) in [5, 5.41) is 2.91. The molecule has 2 rings (SSSR count). The topological polar surface area (TPSA) is 101 Å². The summed E-state index contributed by atoms with van der Waals surface area (Å²) in [6.07, 6.45) is -2.41. The number of ether oxygens (including phenoxy) is 4. The van der Waals surface area contributed by atoms with Crippen LogP contribution in [0.2, 0.25) is 18.1 Å². The molecule has 1 fully saturated rings. The lowest BCUT2D eigenvalue weighted by molar-refractivity contribution is -0.240. The van der Waals surface area contributed by atoms with E-state index in [4.69, 9.17) is 29.1 Å². The molecule has 0 aromatic heterocycles. The van der Waals surface area contributed by atoms with Crippen molar-refractivity contribution in [2.45, 2.75) is 102 Å². The first kappa shape index (κ1) is 28.7. The van der Waals surface area contributed by atoms with Crippen molar-refractivity contribution in [1.29, 1.82) is 0 Å². The Kier molecular flexibility index (Phi) is 9.72. The van der Waals surface area contributed by atoms with Crippen molar-refractivity contribution in [2.24, 2.45) is 5.73 Å². The van der Waals surface area contributed by atoms with Crippen LogP contribution in [0, 0.1) is 0 Å². The predicted octanol–water partition coefficient (Wildman–Crippen LogP) is 4.19. The van der Waals surface area contributed by atoms with Gasteiger partial charge in [-0.3, -0.25) is 0 Å². The van der Waals surface area contributed by atoms with Crippen LogP contribution < -0.4 is 11.1 Å². The number of carbonyl (C=O) groups is 1. The van der Waals surface area contributed by atoms with Crippen LogP contribution >= 0.6 is 0 Å². The van der Waals surface area contributed by atoms with E-state index in [2.05, 4.69) is 39.2 Å². The predicted molar refractivity (Wildman–Crippen MR) is 135 cm³/mol. The second kappa shape index (κ2) is 11.5. The molecule has 0 saturated carbocycles. The lowest BCUT2D eigenvalue weighted by Crippen LogP contribution is -2.68. The van der Waals surface area contributed by atoms with Gasteiger partial charge in [0, 0.05) is 7.11 Å². The normalized spacial score (nSPS) is 26.2. The Labute approximate surface area is 205 Å². The molecule has 1 amide bonds. The van der Waals surface area contributed by atoms with Crippen molar-refractivity contribution < 1.29 is 28.2 Å². The van der Waals surface area contributed by atoms with Gasteiger partial charge in [0.15, 0.2) is 14.6 Å². The third-order valence-electron chi connectivity index (χ3n) is 6.38. The monoisotopic (exact) mass is 496 g/mol. The average Bonchev–Trinajstić information content (AvgIpc) is 2.71. The molecule has 5 atom stereocenters. The van der Waals surface area contributed by atoms with E-state index in [9.17, 15) is 4.79 Å². The smallest absolute Gasteiger partial charge is 0.408 e. The number of amides is 1. The molecule has 1 aromatic carbocycles. The average molecular weight is 497 g/mol. The van der Waals surface area contributed by atoms with Gasteiger partial charge in [-0.15, -0.1) is 0 Å². The van der Waals surface area contributed by atoms with Crippen molar-refractivity contribution in [2.75, 3.05) is 13.7 Å². The highest BCUT2D eigenvalue weighted by molar-refractivity contribution is 6.74. The van der Waals surface area contributed by atoms with E-state index in [-0.39, 0.29) is 5.04 Å². The molecule has 1 aromatic rings. The minimum absolute atomic E-state index is 0.0520. The summed E-state index contributed by atoms with van der Waals surface area (Å²) in [6.45, 7) is 17.0. The molecule has 34 heavy (non-hydrogen) atoms. The molecule has 1 aliphatic heterocycles. The van der Waals surface area contributed by atoms with Gasteiger partial charge < -0.3 is 34.4 Å². The number of hydrogen-bond acceptors (Lipinski definition) is 7. The number of benzene rings is 1. The summed E-state index contributed by atoms with van der Waals surface area (Å²) < 4.78 is 30.0. The zero-order valence-electron chi connectivity index (χ0n) is 22.2. The lowest BCUT2D eigenvalue weighted by atomic mass is 9.95. The molecular weight excluding hydrogens is 452 g/mol. The molecular formula is C25H44N2O6Si. The number of carbonyl (C=O) groups excluding carboxylic acids is 1. The van der Waals surface area contributed by atoms with Gasteiger partial charge in [0.25, 0.3) is 0 Å².